The molecule has 188 valence electrons. The molecule has 1 aliphatic heterocycles. The largest absolute Gasteiger partial charge is 0.497 e. The number of ether oxygens (including phenoxy) is 2. The van der Waals surface area contributed by atoms with E-state index in [0.29, 0.717) is 37.4 Å². The number of hydrogen-bond donors (Lipinski definition) is 1. The number of anilines is 2. The van der Waals surface area contributed by atoms with Gasteiger partial charge in [-0.05, 0) is 73.2 Å². The summed E-state index contributed by atoms with van der Waals surface area (Å²) in [5.74, 6) is 2.15. The monoisotopic (exact) mass is 496 g/mol. The van der Waals surface area contributed by atoms with Crippen LogP contribution in [0, 0.1) is 0 Å². The number of benzene rings is 3. The maximum absolute atomic E-state index is 12.8. The highest BCUT2D eigenvalue weighted by Crippen LogP contribution is 2.30. The van der Waals surface area contributed by atoms with Gasteiger partial charge in [0, 0.05) is 29.3 Å². The van der Waals surface area contributed by atoms with Gasteiger partial charge in [-0.1, -0.05) is 12.1 Å². The van der Waals surface area contributed by atoms with Crippen molar-refractivity contribution < 1.29 is 19.1 Å². The van der Waals surface area contributed by atoms with Crippen molar-refractivity contribution in [3.05, 3.63) is 90.0 Å². The lowest BCUT2D eigenvalue weighted by Gasteiger charge is -2.27. The second kappa shape index (κ2) is 10.6. The van der Waals surface area contributed by atoms with Crippen molar-refractivity contribution in [3.63, 3.8) is 0 Å². The highest BCUT2D eigenvalue weighted by atomic mass is 16.5. The van der Waals surface area contributed by atoms with Crippen LogP contribution in [0.25, 0.3) is 11.3 Å². The molecule has 4 aromatic rings. The van der Waals surface area contributed by atoms with Gasteiger partial charge < -0.3 is 14.8 Å². The van der Waals surface area contributed by atoms with Crippen LogP contribution in [0.5, 0.6) is 11.5 Å². The minimum Gasteiger partial charge on any atom is -0.497 e. The third-order valence-corrected chi connectivity index (χ3v) is 6.24. The van der Waals surface area contributed by atoms with Crippen LogP contribution < -0.4 is 19.7 Å². The lowest BCUT2D eigenvalue weighted by atomic mass is 10.1. The second-order valence-electron chi connectivity index (χ2n) is 8.68. The first-order chi connectivity index (χ1) is 18.0. The highest BCUT2D eigenvalue weighted by molar-refractivity contribution is 6.04. The van der Waals surface area contributed by atoms with Gasteiger partial charge in [-0.2, -0.15) is 5.10 Å². The zero-order valence-corrected chi connectivity index (χ0v) is 20.8. The molecule has 2 heterocycles. The highest BCUT2D eigenvalue weighted by Gasteiger charge is 2.26. The summed E-state index contributed by atoms with van der Waals surface area (Å²) in [6, 6.07) is 24.2. The quantitative estimate of drug-likeness (QED) is 0.365. The van der Waals surface area contributed by atoms with E-state index in [1.807, 2.05) is 78.3 Å². The standard InChI is InChI=1S/C29H28N4O4/c1-3-37-25-14-10-23(11-15-25)30-29(35)22-6-4-20(5-7-22)19-32-27-18-26(31-33(27)17-16-28(32)34)21-8-12-24(36-2)13-9-21/h4-15,18H,3,16-17,19H2,1-2H3,(H,30,35). The second-order valence-corrected chi connectivity index (χ2v) is 8.68. The number of nitrogens with zero attached hydrogens (tertiary/aromatic N) is 3. The third-order valence-electron chi connectivity index (χ3n) is 6.24. The Morgan fingerprint density at radius 2 is 1.68 bits per heavy atom. The summed E-state index contributed by atoms with van der Waals surface area (Å²) in [6.45, 7) is 3.46. The van der Waals surface area contributed by atoms with E-state index < -0.39 is 0 Å². The fourth-order valence-corrected chi connectivity index (χ4v) is 4.27. The molecule has 1 aromatic heterocycles. The molecule has 0 spiro atoms. The molecular formula is C29H28N4O4. The van der Waals surface area contributed by atoms with Crippen LogP contribution in [0.15, 0.2) is 78.9 Å². The predicted molar refractivity (Wildman–Crippen MR) is 142 cm³/mol. The van der Waals surface area contributed by atoms with Crippen molar-refractivity contribution in [1.29, 1.82) is 0 Å². The zero-order chi connectivity index (χ0) is 25.8. The fraction of sp³-hybridized carbons (Fsp3) is 0.207. The summed E-state index contributed by atoms with van der Waals surface area (Å²) in [5, 5.41) is 7.61. The smallest absolute Gasteiger partial charge is 0.255 e. The lowest BCUT2D eigenvalue weighted by molar-refractivity contribution is -0.119. The number of rotatable bonds is 8. The van der Waals surface area contributed by atoms with Crippen molar-refractivity contribution in [2.75, 3.05) is 23.9 Å². The average molecular weight is 497 g/mol. The number of hydrogen-bond acceptors (Lipinski definition) is 5. The molecule has 0 bridgehead atoms. The summed E-state index contributed by atoms with van der Waals surface area (Å²) in [4.78, 5) is 27.3. The van der Waals surface area contributed by atoms with Crippen molar-refractivity contribution >= 4 is 23.3 Å². The van der Waals surface area contributed by atoms with E-state index in [0.717, 1.165) is 34.1 Å². The number of fused-ring (bicyclic) bond motifs is 1. The number of carbonyl (C=O) groups excluding carboxylic acids is 2. The molecule has 8 nitrogen and oxygen atoms in total. The van der Waals surface area contributed by atoms with Gasteiger partial charge in [-0.15, -0.1) is 0 Å². The van der Waals surface area contributed by atoms with Gasteiger partial charge in [0.2, 0.25) is 5.91 Å². The van der Waals surface area contributed by atoms with Gasteiger partial charge in [0.05, 0.1) is 32.5 Å². The van der Waals surface area contributed by atoms with E-state index >= 15 is 0 Å². The molecule has 1 aliphatic rings. The maximum atomic E-state index is 12.8. The fourth-order valence-electron chi connectivity index (χ4n) is 4.27. The Bertz CT molecular complexity index is 1390. The first kappa shape index (κ1) is 24.1. The van der Waals surface area contributed by atoms with Gasteiger partial charge in [-0.3, -0.25) is 14.5 Å². The Morgan fingerprint density at radius 1 is 0.973 bits per heavy atom. The van der Waals surface area contributed by atoms with E-state index in [4.69, 9.17) is 14.6 Å². The van der Waals surface area contributed by atoms with Crippen LogP contribution in [0.4, 0.5) is 11.5 Å². The van der Waals surface area contributed by atoms with Crippen LogP contribution in [0.1, 0.15) is 29.3 Å². The molecule has 0 saturated heterocycles. The van der Waals surface area contributed by atoms with Gasteiger partial charge >= 0.3 is 0 Å². The zero-order valence-electron chi connectivity index (χ0n) is 20.8. The summed E-state index contributed by atoms with van der Waals surface area (Å²) >= 11 is 0. The molecule has 3 aromatic carbocycles. The van der Waals surface area contributed by atoms with E-state index in [-0.39, 0.29) is 11.8 Å². The average Bonchev–Trinajstić information content (AvgIpc) is 3.37. The van der Waals surface area contributed by atoms with E-state index in [1.165, 1.54) is 0 Å². The van der Waals surface area contributed by atoms with Gasteiger partial charge in [0.25, 0.3) is 5.91 Å². The maximum Gasteiger partial charge on any atom is 0.255 e. The molecule has 0 unspecified atom stereocenters. The van der Waals surface area contributed by atoms with Crippen LogP contribution in [-0.2, 0) is 17.9 Å². The minimum atomic E-state index is -0.202. The molecule has 0 radical (unpaired) electrons. The molecular weight excluding hydrogens is 468 g/mol. The number of aryl methyl sites for hydroxylation is 1. The number of amides is 2. The Hall–Kier alpha value is -4.59. The lowest BCUT2D eigenvalue weighted by Crippen LogP contribution is -2.36. The van der Waals surface area contributed by atoms with E-state index in [9.17, 15) is 9.59 Å². The topological polar surface area (TPSA) is 85.7 Å². The Kier molecular flexibility index (Phi) is 6.89. The van der Waals surface area contributed by atoms with Crippen LogP contribution >= 0.6 is 0 Å². The third kappa shape index (κ3) is 5.33. The molecule has 0 aliphatic carbocycles. The Labute approximate surface area is 215 Å². The summed E-state index contributed by atoms with van der Waals surface area (Å²) in [7, 11) is 1.63. The molecule has 0 saturated carbocycles. The minimum absolute atomic E-state index is 0.0472. The molecule has 0 atom stereocenters. The van der Waals surface area contributed by atoms with Crippen molar-refractivity contribution in [3.8, 4) is 22.8 Å². The predicted octanol–water partition coefficient (Wildman–Crippen LogP) is 5.15. The molecule has 37 heavy (non-hydrogen) atoms. The van der Waals surface area contributed by atoms with Gasteiger partial charge in [-0.25, -0.2) is 4.68 Å². The number of aromatic nitrogens is 2. The van der Waals surface area contributed by atoms with Crippen LogP contribution in [0.2, 0.25) is 0 Å². The molecule has 5 rings (SSSR count). The van der Waals surface area contributed by atoms with Gasteiger partial charge in [0.15, 0.2) is 0 Å². The first-order valence-electron chi connectivity index (χ1n) is 12.2. The molecule has 8 heteroatoms. The van der Waals surface area contributed by atoms with Gasteiger partial charge in [0.1, 0.15) is 17.3 Å². The van der Waals surface area contributed by atoms with Crippen molar-refractivity contribution in [2.24, 2.45) is 0 Å². The molecule has 2 amide bonds. The summed E-state index contributed by atoms with van der Waals surface area (Å²) in [5.41, 5.74) is 3.91. The van der Waals surface area contributed by atoms with Crippen LogP contribution in [0.3, 0.4) is 0 Å². The molecule has 0 fully saturated rings. The number of methoxy groups -OCH3 is 1. The number of nitrogens with one attached hydrogen (secondary N) is 1. The first-order valence-corrected chi connectivity index (χ1v) is 12.2. The summed E-state index contributed by atoms with van der Waals surface area (Å²) in [6.07, 6.45) is 0.388. The van der Waals surface area contributed by atoms with Crippen LogP contribution in [-0.4, -0.2) is 35.3 Å². The SMILES string of the molecule is CCOc1ccc(NC(=O)c2ccc(CN3C(=O)CCn4nc(-c5ccc(OC)cc5)cc43)cc2)cc1. The summed E-state index contributed by atoms with van der Waals surface area (Å²) < 4.78 is 12.6. The van der Waals surface area contributed by atoms with Crippen molar-refractivity contribution in [2.45, 2.75) is 26.4 Å². The van der Waals surface area contributed by atoms with Crippen molar-refractivity contribution in [1.82, 2.24) is 9.78 Å². The normalized spacial score (nSPS) is 12.7. The Balaban J connectivity index is 1.28. The molecule has 1 N–H and O–H groups in total. The number of carbonyl (C=O) groups is 2. The Morgan fingerprint density at radius 3 is 2.35 bits per heavy atom. The van der Waals surface area contributed by atoms with E-state index in [2.05, 4.69) is 5.32 Å². The van der Waals surface area contributed by atoms with E-state index in [1.54, 1.807) is 24.1 Å².